The van der Waals surface area contributed by atoms with E-state index in [-0.39, 0.29) is 4.90 Å². The molecule has 0 aliphatic heterocycles. The van der Waals surface area contributed by atoms with Gasteiger partial charge < -0.3 is 5.32 Å². The highest BCUT2D eigenvalue weighted by molar-refractivity contribution is 9.10. The van der Waals surface area contributed by atoms with Crippen molar-refractivity contribution in [1.82, 2.24) is 4.72 Å². The summed E-state index contributed by atoms with van der Waals surface area (Å²) >= 11 is 9.25. The van der Waals surface area contributed by atoms with Crippen molar-refractivity contribution in [1.29, 1.82) is 0 Å². The summed E-state index contributed by atoms with van der Waals surface area (Å²) in [6.07, 6.45) is 0. The molecule has 0 heterocycles. The Morgan fingerprint density at radius 3 is 2.38 bits per heavy atom. The predicted octanol–water partition coefficient (Wildman–Crippen LogP) is 3.72. The van der Waals surface area contributed by atoms with E-state index in [0.717, 1.165) is 10.0 Å². The van der Waals surface area contributed by atoms with Gasteiger partial charge in [-0.25, -0.2) is 8.42 Å². The Morgan fingerprint density at radius 1 is 1.17 bits per heavy atom. The minimum atomic E-state index is -3.79. The molecule has 0 aliphatic rings. The van der Waals surface area contributed by atoms with Crippen LogP contribution in [-0.2, 0) is 14.8 Å². The standard InChI is InChI=1S/C16H16BrClN2O3S/c1-10-3-6-13(9-15(10)18)19-16(21)11(2)20-24(22,23)14-7-4-12(17)5-8-14/h3-9,11,20H,1-2H3,(H,19,21). The van der Waals surface area contributed by atoms with Gasteiger partial charge in [0, 0.05) is 15.2 Å². The van der Waals surface area contributed by atoms with Crippen molar-refractivity contribution in [2.45, 2.75) is 24.8 Å². The number of aryl methyl sites for hydroxylation is 1. The number of anilines is 1. The number of sulfonamides is 1. The SMILES string of the molecule is Cc1ccc(NC(=O)C(C)NS(=O)(=O)c2ccc(Br)cc2)cc1Cl. The van der Waals surface area contributed by atoms with E-state index in [1.54, 1.807) is 30.3 Å². The molecule has 8 heteroatoms. The number of carbonyl (C=O) groups excluding carboxylic acids is 1. The molecule has 0 saturated heterocycles. The van der Waals surface area contributed by atoms with Crippen LogP contribution in [0.1, 0.15) is 12.5 Å². The van der Waals surface area contributed by atoms with Gasteiger partial charge in [0.05, 0.1) is 10.9 Å². The van der Waals surface area contributed by atoms with E-state index in [0.29, 0.717) is 10.7 Å². The van der Waals surface area contributed by atoms with Gasteiger partial charge in [-0.05, 0) is 55.8 Å². The van der Waals surface area contributed by atoms with Crippen LogP contribution in [0.5, 0.6) is 0 Å². The van der Waals surface area contributed by atoms with Gasteiger partial charge in [0.15, 0.2) is 0 Å². The van der Waals surface area contributed by atoms with E-state index in [1.165, 1.54) is 19.1 Å². The minimum Gasteiger partial charge on any atom is -0.325 e. The lowest BCUT2D eigenvalue weighted by molar-refractivity contribution is -0.117. The van der Waals surface area contributed by atoms with E-state index in [2.05, 4.69) is 26.0 Å². The molecule has 2 rings (SSSR count). The first-order chi connectivity index (χ1) is 11.2. The molecule has 0 radical (unpaired) electrons. The third kappa shape index (κ3) is 4.80. The van der Waals surface area contributed by atoms with Crippen LogP contribution >= 0.6 is 27.5 Å². The number of halogens is 2. The van der Waals surface area contributed by atoms with E-state index < -0.39 is 22.0 Å². The average molecular weight is 432 g/mol. The second kappa shape index (κ2) is 7.65. The van der Waals surface area contributed by atoms with Gasteiger partial charge in [-0.1, -0.05) is 33.6 Å². The van der Waals surface area contributed by atoms with Crippen LogP contribution in [0.4, 0.5) is 5.69 Å². The molecule has 0 spiro atoms. The molecular weight excluding hydrogens is 416 g/mol. The quantitative estimate of drug-likeness (QED) is 0.757. The van der Waals surface area contributed by atoms with Crippen LogP contribution in [-0.4, -0.2) is 20.4 Å². The molecule has 0 bridgehead atoms. The Kier molecular flexibility index (Phi) is 6.03. The van der Waals surface area contributed by atoms with E-state index in [1.807, 2.05) is 6.92 Å². The largest absolute Gasteiger partial charge is 0.325 e. The van der Waals surface area contributed by atoms with Crippen molar-refractivity contribution in [3.05, 3.63) is 57.5 Å². The second-order valence-electron chi connectivity index (χ2n) is 5.25. The van der Waals surface area contributed by atoms with Crippen LogP contribution in [0.3, 0.4) is 0 Å². The fourth-order valence-electron chi connectivity index (χ4n) is 1.89. The van der Waals surface area contributed by atoms with Gasteiger partial charge in [-0.15, -0.1) is 0 Å². The summed E-state index contributed by atoms with van der Waals surface area (Å²) in [6.45, 7) is 3.32. The Hall–Kier alpha value is -1.41. The van der Waals surface area contributed by atoms with E-state index in [9.17, 15) is 13.2 Å². The van der Waals surface area contributed by atoms with Crippen LogP contribution < -0.4 is 10.0 Å². The topological polar surface area (TPSA) is 75.3 Å². The Bertz CT molecular complexity index is 854. The van der Waals surface area contributed by atoms with Crippen LogP contribution in [0.2, 0.25) is 5.02 Å². The molecule has 2 aromatic carbocycles. The molecule has 2 aromatic rings. The van der Waals surface area contributed by atoms with E-state index >= 15 is 0 Å². The zero-order valence-corrected chi connectivity index (χ0v) is 16.2. The molecule has 2 N–H and O–H groups in total. The molecule has 5 nitrogen and oxygen atoms in total. The highest BCUT2D eigenvalue weighted by Crippen LogP contribution is 2.20. The molecular formula is C16H16BrClN2O3S. The maximum atomic E-state index is 12.3. The predicted molar refractivity (Wildman–Crippen MR) is 98.7 cm³/mol. The number of rotatable bonds is 5. The van der Waals surface area contributed by atoms with Gasteiger partial charge in [0.1, 0.15) is 0 Å². The first-order valence-corrected chi connectivity index (χ1v) is 9.69. The van der Waals surface area contributed by atoms with Crippen LogP contribution in [0, 0.1) is 6.92 Å². The lowest BCUT2D eigenvalue weighted by Gasteiger charge is -2.15. The van der Waals surface area contributed by atoms with Crippen molar-refractivity contribution in [2.24, 2.45) is 0 Å². The van der Waals surface area contributed by atoms with Gasteiger partial charge in [-0.2, -0.15) is 4.72 Å². The van der Waals surface area contributed by atoms with Gasteiger partial charge in [0.2, 0.25) is 15.9 Å². The highest BCUT2D eigenvalue weighted by atomic mass is 79.9. The maximum Gasteiger partial charge on any atom is 0.242 e. The molecule has 1 unspecified atom stereocenters. The Labute approximate surface area is 154 Å². The second-order valence-corrected chi connectivity index (χ2v) is 8.29. The Balaban J connectivity index is 2.07. The molecule has 0 fully saturated rings. The molecule has 24 heavy (non-hydrogen) atoms. The van der Waals surface area contributed by atoms with Crippen molar-refractivity contribution < 1.29 is 13.2 Å². The van der Waals surface area contributed by atoms with Crippen molar-refractivity contribution in [3.63, 3.8) is 0 Å². The molecule has 0 aromatic heterocycles. The van der Waals surface area contributed by atoms with Crippen molar-refractivity contribution in [3.8, 4) is 0 Å². The molecule has 1 amide bonds. The third-order valence-corrected chi connectivity index (χ3v) is 5.78. The average Bonchev–Trinajstić information content (AvgIpc) is 2.51. The zero-order valence-electron chi connectivity index (χ0n) is 13.0. The Morgan fingerprint density at radius 2 is 1.79 bits per heavy atom. The fraction of sp³-hybridized carbons (Fsp3) is 0.188. The lowest BCUT2D eigenvalue weighted by atomic mass is 10.2. The minimum absolute atomic E-state index is 0.0868. The summed E-state index contributed by atoms with van der Waals surface area (Å²) in [6, 6.07) is 10.3. The zero-order chi connectivity index (χ0) is 17.9. The van der Waals surface area contributed by atoms with Gasteiger partial charge in [-0.3, -0.25) is 4.79 Å². The maximum absolute atomic E-state index is 12.3. The smallest absolute Gasteiger partial charge is 0.242 e. The summed E-state index contributed by atoms with van der Waals surface area (Å²) in [7, 11) is -3.79. The van der Waals surface area contributed by atoms with Gasteiger partial charge >= 0.3 is 0 Å². The van der Waals surface area contributed by atoms with Crippen molar-refractivity contribution >= 4 is 49.1 Å². The summed E-state index contributed by atoms with van der Waals surface area (Å²) in [4.78, 5) is 12.3. The number of nitrogens with one attached hydrogen (secondary N) is 2. The van der Waals surface area contributed by atoms with Crippen LogP contribution in [0.25, 0.3) is 0 Å². The molecule has 128 valence electrons. The summed E-state index contributed by atoms with van der Waals surface area (Å²) in [5.41, 5.74) is 1.39. The normalized spacial score (nSPS) is 12.7. The number of amides is 1. The molecule has 0 aliphatic carbocycles. The number of hydrogen-bond donors (Lipinski definition) is 2. The highest BCUT2D eigenvalue weighted by Gasteiger charge is 2.22. The monoisotopic (exact) mass is 430 g/mol. The molecule has 1 atom stereocenters. The first-order valence-electron chi connectivity index (χ1n) is 7.04. The van der Waals surface area contributed by atoms with Crippen LogP contribution in [0.15, 0.2) is 51.8 Å². The van der Waals surface area contributed by atoms with Crippen molar-refractivity contribution in [2.75, 3.05) is 5.32 Å². The van der Waals surface area contributed by atoms with Gasteiger partial charge in [0.25, 0.3) is 0 Å². The summed E-state index contributed by atoms with van der Waals surface area (Å²) in [5.74, 6) is -0.476. The fourth-order valence-corrected chi connectivity index (χ4v) is 3.54. The lowest BCUT2D eigenvalue weighted by Crippen LogP contribution is -2.41. The third-order valence-electron chi connectivity index (χ3n) is 3.29. The number of benzene rings is 2. The summed E-state index contributed by atoms with van der Waals surface area (Å²) < 4.78 is 27.7. The summed E-state index contributed by atoms with van der Waals surface area (Å²) in [5, 5.41) is 3.16. The number of hydrogen-bond acceptors (Lipinski definition) is 3. The van der Waals surface area contributed by atoms with E-state index in [4.69, 9.17) is 11.6 Å². The molecule has 0 saturated carbocycles. The first kappa shape index (κ1) is 18.9. The number of carbonyl (C=O) groups is 1.